The lowest BCUT2D eigenvalue weighted by Gasteiger charge is -2.14. The number of ether oxygens (including phenoxy) is 2. The molecule has 1 aliphatic carbocycles. The average Bonchev–Trinajstić information content (AvgIpc) is 3.14. The molecule has 6 nitrogen and oxygen atoms in total. The van der Waals surface area contributed by atoms with Crippen molar-refractivity contribution in [3.05, 3.63) is 35.7 Å². The predicted octanol–water partition coefficient (Wildman–Crippen LogP) is 3.81. The van der Waals surface area contributed by atoms with Gasteiger partial charge >= 0.3 is 0 Å². The summed E-state index contributed by atoms with van der Waals surface area (Å²) < 4.78 is 10.6. The molecule has 6 heteroatoms. The number of hydrogen-bond donors (Lipinski definition) is 2. The molecule has 1 saturated carbocycles. The van der Waals surface area contributed by atoms with Crippen molar-refractivity contribution in [3.63, 3.8) is 0 Å². The quantitative estimate of drug-likeness (QED) is 0.750. The van der Waals surface area contributed by atoms with E-state index in [1.807, 2.05) is 25.1 Å². The Balaban J connectivity index is 1.58. The standard InChI is InChI=1S/C20H28N4O2/c1-14-22-19(13-20(23-14)24-16-6-4-5-7-16)21-11-10-15-8-9-17(25-2)18(12-15)26-3/h8-9,12-13,16H,4-7,10-11H2,1-3H3,(H2,21,22,23,24). The summed E-state index contributed by atoms with van der Waals surface area (Å²) in [5.41, 5.74) is 1.19. The topological polar surface area (TPSA) is 68.3 Å². The maximum atomic E-state index is 5.36. The molecule has 2 N–H and O–H groups in total. The van der Waals surface area contributed by atoms with Crippen LogP contribution in [-0.4, -0.2) is 36.8 Å². The van der Waals surface area contributed by atoms with E-state index < -0.39 is 0 Å². The van der Waals surface area contributed by atoms with Crippen LogP contribution in [0.15, 0.2) is 24.3 Å². The third kappa shape index (κ3) is 4.77. The average molecular weight is 356 g/mol. The summed E-state index contributed by atoms with van der Waals surface area (Å²) >= 11 is 0. The van der Waals surface area contributed by atoms with Crippen LogP contribution >= 0.6 is 0 Å². The van der Waals surface area contributed by atoms with Gasteiger partial charge in [0.2, 0.25) is 0 Å². The van der Waals surface area contributed by atoms with Gasteiger partial charge in [0.15, 0.2) is 11.5 Å². The van der Waals surface area contributed by atoms with Crippen molar-refractivity contribution < 1.29 is 9.47 Å². The molecule has 1 aromatic carbocycles. The Morgan fingerprint density at radius 2 is 1.73 bits per heavy atom. The van der Waals surface area contributed by atoms with E-state index in [9.17, 15) is 0 Å². The Kier molecular flexibility index (Phi) is 6.15. The lowest BCUT2D eigenvalue weighted by Crippen LogP contribution is -2.16. The summed E-state index contributed by atoms with van der Waals surface area (Å²) in [6, 6.07) is 8.55. The second kappa shape index (κ2) is 8.74. The van der Waals surface area contributed by atoms with Gasteiger partial charge in [0.1, 0.15) is 17.5 Å². The lowest BCUT2D eigenvalue weighted by atomic mass is 10.1. The Bertz CT molecular complexity index is 730. The second-order valence-corrected chi connectivity index (χ2v) is 6.68. The molecule has 0 unspecified atom stereocenters. The number of nitrogens with zero attached hydrogens (tertiary/aromatic N) is 2. The molecule has 26 heavy (non-hydrogen) atoms. The number of hydrogen-bond acceptors (Lipinski definition) is 6. The zero-order chi connectivity index (χ0) is 18.4. The maximum absolute atomic E-state index is 5.36. The third-order valence-electron chi connectivity index (χ3n) is 4.71. The SMILES string of the molecule is COc1ccc(CCNc2cc(NC3CCCC3)nc(C)n2)cc1OC. The van der Waals surface area contributed by atoms with Gasteiger partial charge in [0, 0.05) is 18.7 Å². The van der Waals surface area contributed by atoms with Gasteiger partial charge in [-0.2, -0.15) is 0 Å². The minimum absolute atomic E-state index is 0.545. The molecular weight excluding hydrogens is 328 g/mol. The van der Waals surface area contributed by atoms with Gasteiger partial charge < -0.3 is 20.1 Å². The molecule has 1 fully saturated rings. The zero-order valence-electron chi connectivity index (χ0n) is 15.8. The fourth-order valence-electron chi connectivity index (χ4n) is 3.38. The summed E-state index contributed by atoms with van der Waals surface area (Å²) in [5, 5.41) is 6.94. The van der Waals surface area contributed by atoms with E-state index in [1.165, 1.54) is 31.2 Å². The van der Waals surface area contributed by atoms with E-state index in [1.54, 1.807) is 14.2 Å². The molecule has 1 heterocycles. The van der Waals surface area contributed by atoms with E-state index in [2.05, 4.69) is 26.7 Å². The van der Waals surface area contributed by atoms with E-state index in [-0.39, 0.29) is 0 Å². The number of methoxy groups -OCH3 is 2. The van der Waals surface area contributed by atoms with E-state index in [4.69, 9.17) is 9.47 Å². The number of aryl methyl sites for hydroxylation is 1. The van der Waals surface area contributed by atoms with Crippen LogP contribution in [0.5, 0.6) is 11.5 Å². The van der Waals surface area contributed by atoms with Crippen molar-refractivity contribution in [3.8, 4) is 11.5 Å². The van der Waals surface area contributed by atoms with Crippen molar-refractivity contribution >= 4 is 11.6 Å². The Morgan fingerprint density at radius 3 is 2.46 bits per heavy atom. The van der Waals surface area contributed by atoms with Crippen molar-refractivity contribution in [2.75, 3.05) is 31.4 Å². The van der Waals surface area contributed by atoms with Crippen LogP contribution in [0, 0.1) is 6.92 Å². The highest BCUT2D eigenvalue weighted by Gasteiger charge is 2.15. The van der Waals surface area contributed by atoms with Crippen molar-refractivity contribution in [2.45, 2.75) is 45.1 Å². The van der Waals surface area contributed by atoms with E-state index in [0.717, 1.165) is 41.9 Å². The van der Waals surface area contributed by atoms with Gasteiger partial charge in [-0.05, 0) is 43.9 Å². The smallest absolute Gasteiger partial charge is 0.160 e. The van der Waals surface area contributed by atoms with Crippen LogP contribution in [0.2, 0.25) is 0 Å². The lowest BCUT2D eigenvalue weighted by molar-refractivity contribution is 0.354. The van der Waals surface area contributed by atoms with Gasteiger partial charge in [0.05, 0.1) is 14.2 Å². The van der Waals surface area contributed by atoms with Crippen LogP contribution < -0.4 is 20.1 Å². The highest BCUT2D eigenvalue weighted by molar-refractivity contribution is 5.48. The molecule has 1 aromatic heterocycles. The summed E-state index contributed by atoms with van der Waals surface area (Å²) in [6.45, 7) is 2.72. The van der Waals surface area contributed by atoms with Crippen molar-refractivity contribution in [1.29, 1.82) is 0 Å². The molecule has 0 radical (unpaired) electrons. The molecule has 0 amide bonds. The van der Waals surface area contributed by atoms with Crippen LogP contribution in [-0.2, 0) is 6.42 Å². The fraction of sp³-hybridized carbons (Fsp3) is 0.500. The van der Waals surface area contributed by atoms with Gasteiger partial charge in [-0.1, -0.05) is 18.9 Å². The first-order valence-corrected chi connectivity index (χ1v) is 9.25. The fourth-order valence-corrected chi connectivity index (χ4v) is 3.38. The summed E-state index contributed by atoms with van der Waals surface area (Å²) in [6.07, 6.45) is 5.93. The first-order chi connectivity index (χ1) is 12.7. The summed E-state index contributed by atoms with van der Waals surface area (Å²) in [5.74, 6) is 4.06. The minimum atomic E-state index is 0.545. The summed E-state index contributed by atoms with van der Waals surface area (Å²) in [7, 11) is 3.30. The predicted molar refractivity (Wildman–Crippen MR) is 104 cm³/mol. The van der Waals surface area contributed by atoms with Crippen molar-refractivity contribution in [2.24, 2.45) is 0 Å². The van der Waals surface area contributed by atoms with Crippen LogP contribution in [0.25, 0.3) is 0 Å². The molecule has 0 bridgehead atoms. The van der Waals surface area contributed by atoms with Crippen molar-refractivity contribution in [1.82, 2.24) is 9.97 Å². The van der Waals surface area contributed by atoms with Gasteiger partial charge in [0.25, 0.3) is 0 Å². The van der Waals surface area contributed by atoms with E-state index in [0.29, 0.717) is 6.04 Å². The Morgan fingerprint density at radius 1 is 1.00 bits per heavy atom. The molecule has 0 saturated heterocycles. The molecule has 1 aliphatic rings. The summed E-state index contributed by atoms with van der Waals surface area (Å²) in [4.78, 5) is 9.01. The van der Waals surface area contributed by atoms with Gasteiger partial charge in [-0.3, -0.25) is 0 Å². The largest absolute Gasteiger partial charge is 0.493 e. The second-order valence-electron chi connectivity index (χ2n) is 6.68. The Labute approximate surface area is 155 Å². The van der Waals surface area contributed by atoms with Crippen LogP contribution in [0.3, 0.4) is 0 Å². The maximum Gasteiger partial charge on any atom is 0.160 e. The minimum Gasteiger partial charge on any atom is -0.493 e. The monoisotopic (exact) mass is 356 g/mol. The highest BCUT2D eigenvalue weighted by atomic mass is 16.5. The Hall–Kier alpha value is -2.50. The first-order valence-electron chi connectivity index (χ1n) is 9.25. The molecule has 140 valence electrons. The van der Waals surface area contributed by atoms with Crippen LogP contribution in [0.1, 0.15) is 37.1 Å². The number of anilines is 2. The molecule has 2 aromatic rings. The normalized spacial score (nSPS) is 14.3. The molecule has 0 atom stereocenters. The van der Waals surface area contributed by atoms with Crippen LogP contribution in [0.4, 0.5) is 11.6 Å². The molecular formula is C20H28N4O2. The van der Waals surface area contributed by atoms with Gasteiger partial charge in [-0.25, -0.2) is 9.97 Å². The molecule has 3 rings (SSSR count). The zero-order valence-corrected chi connectivity index (χ0v) is 15.8. The molecule has 0 spiro atoms. The number of benzene rings is 1. The number of aromatic nitrogens is 2. The third-order valence-corrected chi connectivity index (χ3v) is 4.71. The number of nitrogens with one attached hydrogen (secondary N) is 2. The molecule has 0 aliphatic heterocycles. The first kappa shape index (κ1) is 18.3. The number of rotatable bonds is 8. The van der Waals surface area contributed by atoms with E-state index >= 15 is 0 Å². The van der Waals surface area contributed by atoms with Gasteiger partial charge in [-0.15, -0.1) is 0 Å². The highest BCUT2D eigenvalue weighted by Crippen LogP contribution is 2.27.